The van der Waals surface area contributed by atoms with Gasteiger partial charge in [0, 0.05) is 13.1 Å². The predicted molar refractivity (Wildman–Crippen MR) is 80.7 cm³/mol. The zero-order chi connectivity index (χ0) is 13.4. The van der Waals surface area contributed by atoms with Gasteiger partial charge in [0.15, 0.2) is 0 Å². The quantitative estimate of drug-likeness (QED) is 0.718. The molecule has 0 aliphatic heterocycles. The Morgan fingerprint density at radius 2 is 1.67 bits per heavy atom. The number of hydrogen-bond donors (Lipinski definition) is 1. The Hall–Kier alpha value is -0.0800. The van der Waals surface area contributed by atoms with E-state index in [1.54, 1.807) is 0 Å². The highest BCUT2D eigenvalue weighted by Gasteiger charge is 2.25. The van der Waals surface area contributed by atoms with E-state index in [0.717, 1.165) is 24.3 Å². The van der Waals surface area contributed by atoms with Crippen LogP contribution in [0.25, 0.3) is 0 Å². The molecule has 2 nitrogen and oxygen atoms in total. The molecule has 108 valence electrons. The van der Waals surface area contributed by atoms with Crippen molar-refractivity contribution < 1.29 is 0 Å². The second-order valence-electron chi connectivity index (χ2n) is 6.08. The highest BCUT2D eigenvalue weighted by Crippen LogP contribution is 2.30. The zero-order valence-electron chi connectivity index (χ0n) is 12.8. The van der Waals surface area contributed by atoms with Gasteiger partial charge in [-0.2, -0.15) is 0 Å². The molecule has 1 rings (SSSR count). The molecule has 0 aromatic carbocycles. The minimum absolute atomic E-state index is 0.787. The monoisotopic (exact) mass is 254 g/mol. The number of rotatable bonds is 8. The molecule has 2 atom stereocenters. The molecule has 18 heavy (non-hydrogen) atoms. The van der Waals surface area contributed by atoms with Crippen LogP contribution in [0, 0.1) is 17.8 Å². The molecule has 1 aliphatic carbocycles. The second-order valence-corrected chi connectivity index (χ2v) is 6.08. The fourth-order valence-corrected chi connectivity index (χ4v) is 3.41. The third-order valence-corrected chi connectivity index (χ3v) is 4.98. The Labute approximate surface area is 114 Å². The fraction of sp³-hybridized carbons (Fsp3) is 1.00. The van der Waals surface area contributed by atoms with Crippen molar-refractivity contribution in [3.05, 3.63) is 0 Å². The van der Waals surface area contributed by atoms with Gasteiger partial charge < -0.3 is 10.6 Å². The molecule has 2 unspecified atom stereocenters. The van der Waals surface area contributed by atoms with Crippen molar-refractivity contribution in [3.8, 4) is 0 Å². The summed E-state index contributed by atoms with van der Waals surface area (Å²) in [5.41, 5.74) is 5.95. The SMILES string of the molecule is CCC(CC)CN(CC)CC1CCCCC1CN. The van der Waals surface area contributed by atoms with Crippen molar-refractivity contribution in [2.45, 2.75) is 59.3 Å². The van der Waals surface area contributed by atoms with E-state index in [4.69, 9.17) is 5.73 Å². The second kappa shape index (κ2) is 8.92. The van der Waals surface area contributed by atoms with E-state index in [1.165, 1.54) is 58.2 Å². The van der Waals surface area contributed by atoms with Gasteiger partial charge in [-0.3, -0.25) is 0 Å². The van der Waals surface area contributed by atoms with E-state index in [2.05, 4.69) is 25.7 Å². The lowest BCUT2D eigenvalue weighted by Crippen LogP contribution is -2.39. The lowest BCUT2D eigenvalue weighted by atomic mass is 9.79. The first kappa shape index (κ1) is 16.0. The lowest BCUT2D eigenvalue weighted by Gasteiger charge is -2.36. The molecule has 0 amide bonds. The van der Waals surface area contributed by atoms with Gasteiger partial charge in [-0.1, -0.05) is 46.5 Å². The first-order valence-corrected chi connectivity index (χ1v) is 8.17. The van der Waals surface area contributed by atoms with Crippen LogP contribution in [0.15, 0.2) is 0 Å². The summed E-state index contributed by atoms with van der Waals surface area (Å²) in [6.07, 6.45) is 8.22. The Kier molecular flexibility index (Phi) is 7.92. The minimum Gasteiger partial charge on any atom is -0.330 e. The highest BCUT2D eigenvalue weighted by molar-refractivity contribution is 4.79. The molecule has 2 N–H and O–H groups in total. The van der Waals surface area contributed by atoms with Crippen LogP contribution in [-0.2, 0) is 0 Å². The summed E-state index contributed by atoms with van der Waals surface area (Å²) in [5.74, 6) is 2.53. The molecular formula is C16H34N2. The van der Waals surface area contributed by atoms with Gasteiger partial charge in [-0.15, -0.1) is 0 Å². The first-order valence-electron chi connectivity index (χ1n) is 8.17. The van der Waals surface area contributed by atoms with Crippen LogP contribution in [0.5, 0.6) is 0 Å². The van der Waals surface area contributed by atoms with E-state index >= 15 is 0 Å². The highest BCUT2D eigenvalue weighted by atomic mass is 15.1. The van der Waals surface area contributed by atoms with Crippen LogP contribution in [0.1, 0.15) is 59.3 Å². The molecular weight excluding hydrogens is 220 g/mol. The fourth-order valence-electron chi connectivity index (χ4n) is 3.41. The molecule has 0 spiro atoms. The van der Waals surface area contributed by atoms with E-state index in [9.17, 15) is 0 Å². The average molecular weight is 254 g/mol. The number of hydrogen-bond acceptors (Lipinski definition) is 2. The number of nitrogens with zero attached hydrogens (tertiary/aromatic N) is 1. The summed E-state index contributed by atoms with van der Waals surface area (Å²) in [6, 6.07) is 0. The molecule has 0 radical (unpaired) electrons. The largest absolute Gasteiger partial charge is 0.330 e. The normalized spacial score (nSPS) is 25.0. The first-order chi connectivity index (χ1) is 8.74. The summed E-state index contributed by atoms with van der Waals surface area (Å²) in [4.78, 5) is 2.68. The van der Waals surface area contributed by atoms with Crippen molar-refractivity contribution in [1.82, 2.24) is 4.90 Å². The standard InChI is InChI=1S/C16H34N2/c1-4-14(5-2)12-18(6-3)13-16-10-8-7-9-15(16)11-17/h14-16H,4-13,17H2,1-3H3. The van der Waals surface area contributed by atoms with Gasteiger partial charge in [0.1, 0.15) is 0 Å². The minimum atomic E-state index is 0.787. The van der Waals surface area contributed by atoms with Crippen LogP contribution >= 0.6 is 0 Å². The van der Waals surface area contributed by atoms with Crippen molar-refractivity contribution in [3.63, 3.8) is 0 Å². The van der Waals surface area contributed by atoms with Crippen LogP contribution in [0.3, 0.4) is 0 Å². The van der Waals surface area contributed by atoms with Gasteiger partial charge in [0.05, 0.1) is 0 Å². The maximum atomic E-state index is 5.95. The van der Waals surface area contributed by atoms with Gasteiger partial charge in [0.25, 0.3) is 0 Å². The van der Waals surface area contributed by atoms with Crippen LogP contribution in [0.2, 0.25) is 0 Å². The summed E-state index contributed by atoms with van der Waals surface area (Å²) in [6.45, 7) is 11.6. The summed E-state index contributed by atoms with van der Waals surface area (Å²) < 4.78 is 0. The van der Waals surface area contributed by atoms with Crippen LogP contribution in [0.4, 0.5) is 0 Å². The maximum Gasteiger partial charge on any atom is 0.00128 e. The zero-order valence-corrected chi connectivity index (χ0v) is 12.8. The van der Waals surface area contributed by atoms with Gasteiger partial charge in [-0.05, 0) is 43.7 Å². The van der Waals surface area contributed by atoms with Crippen molar-refractivity contribution >= 4 is 0 Å². The van der Waals surface area contributed by atoms with Crippen LogP contribution in [-0.4, -0.2) is 31.1 Å². The Morgan fingerprint density at radius 3 is 2.17 bits per heavy atom. The summed E-state index contributed by atoms with van der Waals surface area (Å²) in [5, 5.41) is 0. The average Bonchev–Trinajstić information content (AvgIpc) is 2.43. The van der Waals surface area contributed by atoms with Gasteiger partial charge >= 0.3 is 0 Å². The maximum absolute atomic E-state index is 5.95. The molecule has 2 heteroatoms. The lowest BCUT2D eigenvalue weighted by molar-refractivity contribution is 0.142. The molecule has 0 aromatic heterocycles. The molecule has 0 saturated heterocycles. The van der Waals surface area contributed by atoms with E-state index < -0.39 is 0 Å². The third kappa shape index (κ3) is 4.89. The molecule has 0 bridgehead atoms. The summed E-state index contributed by atoms with van der Waals surface area (Å²) in [7, 11) is 0. The van der Waals surface area contributed by atoms with E-state index in [0.29, 0.717) is 0 Å². The van der Waals surface area contributed by atoms with E-state index in [1.807, 2.05) is 0 Å². The molecule has 1 fully saturated rings. The topological polar surface area (TPSA) is 29.3 Å². The van der Waals surface area contributed by atoms with E-state index in [-0.39, 0.29) is 0 Å². The van der Waals surface area contributed by atoms with Gasteiger partial charge in [-0.25, -0.2) is 0 Å². The molecule has 0 heterocycles. The summed E-state index contributed by atoms with van der Waals surface area (Å²) >= 11 is 0. The van der Waals surface area contributed by atoms with Crippen molar-refractivity contribution in [2.75, 3.05) is 26.2 Å². The number of nitrogens with two attached hydrogens (primary N) is 1. The molecule has 0 aromatic rings. The Morgan fingerprint density at radius 1 is 1.06 bits per heavy atom. The third-order valence-electron chi connectivity index (χ3n) is 4.98. The molecule has 1 saturated carbocycles. The van der Waals surface area contributed by atoms with Gasteiger partial charge in [0.2, 0.25) is 0 Å². The Bertz CT molecular complexity index is 201. The predicted octanol–water partition coefficient (Wildman–Crippen LogP) is 3.51. The van der Waals surface area contributed by atoms with Crippen molar-refractivity contribution in [1.29, 1.82) is 0 Å². The Balaban J connectivity index is 2.44. The molecule has 1 aliphatic rings. The van der Waals surface area contributed by atoms with Crippen molar-refractivity contribution in [2.24, 2.45) is 23.5 Å². The van der Waals surface area contributed by atoms with Crippen LogP contribution < -0.4 is 5.73 Å². The smallest absolute Gasteiger partial charge is 0.00128 e.